The summed E-state index contributed by atoms with van der Waals surface area (Å²) >= 11 is 3.66. The molecule has 0 radical (unpaired) electrons. The Morgan fingerprint density at radius 3 is 2.05 bits per heavy atom. The third-order valence-electron chi connectivity index (χ3n) is 1.99. The lowest BCUT2D eigenvalue weighted by Gasteiger charge is -2.15. The summed E-state index contributed by atoms with van der Waals surface area (Å²) in [5, 5.41) is 28.7. The highest BCUT2D eigenvalue weighted by molar-refractivity contribution is 7.81. The normalized spacial score (nSPS) is 13.1. The Labute approximate surface area is 113 Å². The summed E-state index contributed by atoms with van der Waals surface area (Å²) in [5.74, 6) is -3.80. The van der Waals surface area contributed by atoms with Gasteiger partial charge in [0.05, 0.1) is 0 Å². The van der Waals surface area contributed by atoms with E-state index >= 15 is 0 Å². The van der Waals surface area contributed by atoms with E-state index in [0.29, 0.717) is 0 Å². The van der Waals surface area contributed by atoms with E-state index in [1.165, 1.54) is 0 Å². The van der Waals surface area contributed by atoms with Gasteiger partial charge in [0.15, 0.2) is 0 Å². The van der Waals surface area contributed by atoms with Gasteiger partial charge in [0.2, 0.25) is 0 Å². The SMILES string of the molecule is O=C(O)CCC(NC(=O)NCC(S)C(=O)O)C(=O)O. The summed E-state index contributed by atoms with van der Waals surface area (Å²) in [4.78, 5) is 42.7. The first kappa shape index (κ1) is 17.0. The highest BCUT2D eigenvalue weighted by Gasteiger charge is 2.21. The number of urea groups is 1. The predicted octanol–water partition coefficient (Wildman–Crippen LogP) is -1.01. The number of carboxylic acid groups (broad SMARTS) is 3. The predicted molar refractivity (Wildman–Crippen MR) is 65.2 cm³/mol. The van der Waals surface area contributed by atoms with Gasteiger partial charge in [-0.25, -0.2) is 9.59 Å². The van der Waals surface area contributed by atoms with E-state index < -0.39 is 41.7 Å². The number of rotatable bonds is 8. The monoisotopic (exact) mass is 294 g/mol. The first-order valence-corrected chi connectivity index (χ1v) is 5.65. The quantitative estimate of drug-likeness (QED) is 0.313. The molecule has 19 heavy (non-hydrogen) atoms. The zero-order chi connectivity index (χ0) is 15.0. The van der Waals surface area contributed by atoms with Gasteiger partial charge in [-0.3, -0.25) is 9.59 Å². The van der Waals surface area contributed by atoms with Gasteiger partial charge in [-0.1, -0.05) is 0 Å². The van der Waals surface area contributed by atoms with Crippen LogP contribution in [0.15, 0.2) is 0 Å². The molecular weight excluding hydrogens is 280 g/mol. The molecule has 10 heteroatoms. The van der Waals surface area contributed by atoms with Crippen molar-refractivity contribution < 1.29 is 34.5 Å². The summed E-state index contributed by atoms with van der Waals surface area (Å²) in [5.41, 5.74) is 0. The Bertz CT molecular complexity index is 374. The van der Waals surface area contributed by atoms with Crippen LogP contribution < -0.4 is 10.6 Å². The number of hydrogen-bond donors (Lipinski definition) is 6. The first-order chi connectivity index (χ1) is 8.73. The molecule has 0 rings (SSSR count). The number of amides is 2. The second-order valence-corrected chi connectivity index (χ2v) is 4.15. The number of carbonyl (C=O) groups is 4. The van der Waals surface area contributed by atoms with Crippen molar-refractivity contribution in [2.24, 2.45) is 0 Å². The summed E-state index contributed by atoms with van der Waals surface area (Å²) in [6.45, 7) is -0.296. The van der Waals surface area contributed by atoms with Crippen molar-refractivity contribution in [2.45, 2.75) is 24.1 Å². The van der Waals surface area contributed by atoms with Gasteiger partial charge in [0.1, 0.15) is 11.3 Å². The molecule has 2 amide bonds. The van der Waals surface area contributed by atoms with Gasteiger partial charge in [-0.2, -0.15) is 12.6 Å². The lowest BCUT2D eigenvalue weighted by molar-refractivity contribution is -0.141. The largest absolute Gasteiger partial charge is 0.481 e. The fraction of sp³-hybridized carbons (Fsp3) is 0.556. The maximum atomic E-state index is 11.3. The van der Waals surface area contributed by atoms with Crippen LogP contribution in [0, 0.1) is 0 Å². The number of carbonyl (C=O) groups excluding carboxylic acids is 1. The van der Waals surface area contributed by atoms with Crippen LogP contribution in [0.4, 0.5) is 4.79 Å². The molecule has 0 aromatic rings. The summed E-state index contributed by atoms with van der Waals surface area (Å²) in [6.07, 6.45) is -0.692. The molecule has 0 aliphatic rings. The van der Waals surface area contributed by atoms with E-state index in [9.17, 15) is 19.2 Å². The molecule has 0 bridgehead atoms. The van der Waals surface area contributed by atoms with E-state index in [1.54, 1.807) is 0 Å². The summed E-state index contributed by atoms with van der Waals surface area (Å²) in [6, 6.07) is -2.27. The van der Waals surface area contributed by atoms with Crippen LogP contribution in [-0.4, -0.2) is 57.1 Å². The fourth-order valence-corrected chi connectivity index (χ4v) is 1.10. The van der Waals surface area contributed by atoms with Crippen LogP contribution in [0.1, 0.15) is 12.8 Å². The second-order valence-electron chi connectivity index (χ2n) is 3.53. The van der Waals surface area contributed by atoms with Crippen LogP contribution in [0.2, 0.25) is 0 Å². The second kappa shape index (κ2) is 8.19. The number of hydrogen-bond acceptors (Lipinski definition) is 5. The molecule has 0 heterocycles. The maximum Gasteiger partial charge on any atom is 0.326 e. The van der Waals surface area contributed by atoms with Crippen LogP contribution in [0.3, 0.4) is 0 Å². The summed E-state index contributed by atoms with van der Waals surface area (Å²) in [7, 11) is 0. The molecule has 0 saturated heterocycles. The van der Waals surface area contributed by atoms with Gasteiger partial charge in [-0.05, 0) is 6.42 Å². The number of carboxylic acids is 3. The highest BCUT2D eigenvalue weighted by atomic mass is 32.1. The Morgan fingerprint density at radius 1 is 1.05 bits per heavy atom. The Morgan fingerprint density at radius 2 is 1.63 bits per heavy atom. The standard InChI is InChI=1S/C9H14N2O7S/c12-6(13)2-1-4(7(14)15)11-9(18)10-3-5(19)8(16)17/h4-5,19H,1-3H2,(H,12,13)(H,14,15)(H,16,17)(H2,10,11,18). The minimum Gasteiger partial charge on any atom is -0.481 e. The topological polar surface area (TPSA) is 153 Å². The molecule has 108 valence electrons. The van der Waals surface area contributed by atoms with Crippen molar-refractivity contribution in [1.29, 1.82) is 0 Å². The molecule has 2 unspecified atom stereocenters. The molecule has 0 aromatic carbocycles. The van der Waals surface area contributed by atoms with Crippen LogP contribution in [0.25, 0.3) is 0 Å². The Kier molecular flexibility index (Phi) is 7.34. The minimum absolute atomic E-state index is 0.276. The Hall–Kier alpha value is -1.97. The number of aliphatic carboxylic acids is 3. The van der Waals surface area contributed by atoms with Crippen molar-refractivity contribution in [1.82, 2.24) is 10.6 Å². The number of nitrogens with one attached hydrogen (secondary N) is 2. The van der Waals surface area contributed by atoms with Crippen LogP contribution >= 0.6 is 12.6 Å². The molecule has 0 saturated carbocycles. The lowest BCUT2D eigenvalue weighted by Crippen LogP contribution is -2.48. The molecule has 0 spiro atoms. The molecule has 2 atom stereocenters. The fourth-order valence-electron chi connectivity index (χ4n) is 1.01. The van der Waals surface area contributed by atoms with Crippen LogP contribution in [-0.2, 0) is 14.4 Å². The van der Waals surface area contributed by atoms with Gasteiger partial charge in [-0.15, -0.1) is 0 Å². The third-order valence-corrected chi connectivity index (χ3v) is 2.39. The highest BCUT2D eigenvalue weighted by Crippen LogP contribution is 1.98. The van der Waals surface area contributed by atoms with Crippen LogP contribution in [0.5, 0.6) is 0 Å². The first-order valence-electron chi connectivity index (χ1n) is 5.14. The minimum atomic E-state index is -1.38. The zero-order valence-electron chi connectivity index (χ0n) is 9.70. The molecule has 0 aliphatic heterocycles. The smallest absolute Gasteiger partial charge is 0.326 e. The molecule has 0 aromatic heterocycles. The van der Waals surface area contributed by atoms with Gasteiger partial charge in [0.25, 0.3) is 0 Å². The summed E-state index contributed by atoms with van der Waals surface area (Å²) < 4.78 is 0. The van der Waals surface area contributed by atoms with E-state index in [-0.39, 0.29) is 13.0 Å². The molecular formula is C9H14N2O7S. The van der Waals surface area contributed by atoms with E-state index in [0.717, 1.165) is 0 Å². The molecule has 0 fully saturated rings. The maximum absolute atomic E-state index is 11.3. The molecule has 0 aliphatic carbocycles. The van der Waals surface area contributed by atoms with Gasteiger partial charge >= 0.3 is 23.9 Å². The molecule has 9 nitrogen and oxygen atoms in total. The lowest BCUT2D eigenvalue weighted by atomic mass is 10.1. The zero-order valence-corrected chi connectivity index (χ0v) is 10.6. The van der Waals surface area contributed by atoms with Crippen molar-refractivity contribution in [3.8, 4) is 0 Å². The average molecular weight is 294 g/mol. The van der Waals surface area contributed by atoms with Gasteiger partial charge < -0.3 is 26.0 Å². The molecule has 5 N–H and O–H groups in total. The number of thiol groups is 1. The Balaban J connectivity index is 4.20. The average Bonchev–Trinajstić information content (AvgIpc) is 2.30. The van der Waals surface area contributed by atoms with E-state index in [1.807, 2.05) is 5.32 Å². The van der Waals surface area contributed by atoms with E-state index in [2.05, 4.69) is 17.9 Å². The van der Waals surface area contributed by atoms with Crippen molar-refractivity contribution in [3.05, 3.63) is 0 Å². The van der Waals surface area contributed by atoms with Crippen molar-refractivity contribution in [2.75, 3.05) is 6.54 Å². The van der Waals surface area contributed by atoms with Crippen molar-refractivity contribution >= 4 is 36.6 Å². The van der Waals surface area contributed by atoms with E-state index in [4.69, 9.17) is 15.3 Å². The third kappa shape index (κ3) is 7.86. The van der Waals surface area contributed by atoms with Crippen molar-refractivity contribution in [3.63, 3.8) is 0 Å². The van der Waals surface area contributed by atoms with Gasteiger partial charge in [0, 0.05) is 13.0 Å².